The largest absolute Gasteiger partial charge is 0.363 e. The molecule has 3 rings (SSSR count). The lowest BCUT2D eigenvalue weighted by molar-refractivity contribution is 0.102. The van der Waals surface area contributed by atoms with E-state index in [0.29, 0.717) is 22.9 Å². The highest BCUT2D eigenvalue weighted by Gasteiger charge is 2.22. The van der Waals surface area contributed by atoms with Gasteiger partial charge in [-0.3, -0.25) is 4.79 Å². The van der Waals surface area contributed by atoms with Gasteiger partial charge in [0.25, 0.3) is 5.91 Å². The lowest BCUT2D eigenvalue weighted by Gasteiger charge is -2.13. The number of nitrogens with one attached hydrogen (secondary N) is 1. The molecule has 8 nitrogen and oxygen atoms in total. The van der Waals surface area contributed by atoms with Crippen LogP contribution in [0.25, 0.3) is 5.82 Å². The van der Waals surface area contributed by atoms with Crippen molar-refractivity contribution in [3.63, 3.8) is 0 Å². The van der Waals surface area contributed by atoms with Crippen LogP contribution in [-0.2, 0) is 7.05 Å². The molecular weight excluding hydrogens is 306 g/mol. The molecule has 0 aliphatic carbocycles. The summed E-state index contributed by atoms with van der Waals surface area (Å²) in [6, 6.07) is 7.28. The Balaban J connectivity index is 1.95. The predicted molar refractivity (Wildman–Crippen MR) is 91.6 cm³/mol. The number of aryl methyl sites for hydroxylation is 2. The van der Waals surface area contributed by atoms with Crippen LogP contribution >= 0.6 is 0 Å². The molecule has 0 spiro atoms. The van der Waals surface area contributed by atoms with E-state index in [2.05, 4.69) is 20.5 Å². The van der Waals surface area contributed by atoms with Gasteiger partial charge in [0.05, 0.1) is 5.69 Å². The molecule has 0 bridgehead atoms. The molecule has 8 heteroatoms. The van der Waals surface area contributed by atoms with Crippen molar-refractivity contribution in [3.8, 4) is 5.82 Å². The van der Waals surface area contributed by atoms with Crippen LogP contribution in [0.3, 0.4) is 0 Å². The maximum atomic E-state index is 12.8. The number of carbonyl (C=O) groups is 1. The Labute approximate surface area is 139 Å². The molecular formula is C16H19N7O. The first kappa shape index (κ1) is 15.7. The van der Waals surface area contributed by atoms with Crippen LogP contribution in [0.2, 0.25) is 0 Å². The molecule has 24 heavy (non-hydrogen) atoms. The standard InChI is InChI=1S/C16H19N7O/c1-11-14(16(22(4)20-11)23-10-6-9-17-23)15(24)19-12-7-5-8-13(18-12)21(2)3/h5-10H,1-4H3,(H,18,19,24). The molecule has 1 amide bonds. The molecule has 0 radical (unpaired) electrons. The first-order valence-corrected chi connectivity index (χ1v) is 7.46. The van der Waals surface area contributed by atoms with E-state index in [1.165, 1.54) is 0 Å². The molecule has 0 unspecified atom stereocenters. The van der Waals surface area contributed by atoms with E-state index in [1.807, 2.05) is 31.1 Å². The minimum Gasteiger partial charge on any atom is -0.363 e. The Bertz CT molecular complexity index is 865. The highest BCUT2D eigenvalue weighted by molar-refractivity contribution is 6.06. The average molecular weight is 325 g/mol. The van der Waals surface area contributed by atoms with Crippen LogP contribution < -0.4 is 10.2 Å². The SMILES string of the molecule is Cc1nn(C)c(-n2cccn2)c1C(=O)Nc1cccc(N(C)C)n1. The van der Waals surface area contributed by atoms with E-state index in [1.54, 1.807) is 47.9 Å². The monoisotopic (exact) mass is 325 g/mol. The molecule has 0 atom stereocenters. The summed E-state index contributed by atoms with van der Waals surface area (Å²) in [5.41, 5.74) is 1.10. The summed E-state index contributed by atoms with van der Waals surface area (Å²) in [6.45, 7) is 1.80. The summed E-state index contributed by atoms with van der Waals surface area (Å²) >= 11 is 0. The second kappa shape index (κ2) is 6.15. The van der Waals surface area contributed by atoms with Crippen molar-refractivity contribution in [1.82, 2.24) is 24.5 Å². The van der Waals surface area contributed by atoms with E-state index in [4.69, 9.17) is 0 Å². The third kappa shape index (κ3) is 2.85. The maximum absolute atomic E-state index is 12.8. The van der Waals surface area contributed by atoms with Gasteiger partial charge in [0.15, 0.2) is 5.82 Å². The van der Waals surface area contributed by atoms with Gasteiger partial charge in [-0.1, -0.05) is 6.07 Å². The number of amides is 1. The fraction of sp³-hybridized carbons (Fsp3) is 0.250. The summed E-state index contributed by atoms with van der Waals surface area (Å²) in [5, 5.41) is 11.4. The van der Waals surface area contributed by atoms with Gasteiger partial charge in [0.2, 0.25) is 0 Å². The predicted octanol–water partition coefficient (Wildman–Crippen LogP) is 1.63. The van der Waals surface area contributed by atoms with E-state index in [0.717, 1.165) is 5.82 Å². The van der Waals surface area contributed by atoms with Gasteiger partial charge in [-0.05, 0) is 25.1 Å². The minimum absolute atomic E-state index is 0.269. The van der Waals surface area contributed by atoms with E-state index in [9.17, 15) is 4.79 Å². The van der Waals surface area contributed by atoms with Crippen molar-refractivity contribution in [2.24, 2.45) is 7.05 Å². The maximum Gasteiger partial charge on any atom is 0.262 e. The number of pyridine rings is 1. The van der Waals surface area contributed by atoms with Crippen molar-refractivity contribution >= 4 is 17.5 Å². The molecule has 124 valence electrons. The summed E-state index contributed by atoms with van der Waals surface area (Å²) in [7, 11) is 5.58. The van der Waals surface area contributed by atoms with Crippen LogP contribution in [0.15, 0.2) is 36.7 Å². The zero-order chi connectivity index (χ0) is 17.3. The number of anilines is 2. The van der Waals surface area contributed by atoms with Crippen LogP contribution in [0.1, 0.15) is 16.1 Å². The molecule has 0 aliphatic rings. The van der Waals surface area contributed by atoms with E-state index >= 15 is 0 Å². The molecule has 0 saturated heterocycles. The fourth-order valence-electron chi connectivity index (χ4n) is 2.49. The first-order valence-electron chi connectivity index (χ1n) is 7.46. The lowest BCUT2D eigenvalue weighted by Crippen LogP contribution is -2.18. The summed E-state index contributed by atoms with van der Waals surface area (Å²) < 4.78 is 3.26. The molecule has 0 fully saturated rings. The summed E-state index contributed by atoms with van der Waals surface area (Å²) in [4.78, 5) is 19.1. The minimum atomic E-state index is -0.269. The number of hydrogen-bond donors (Lipinski definition) is 1. The Morgan fingerprint density at radius 2 is 2.04 bits per heavy atom. The average Bonchev–Trinajstić information content (AvgIpc) is 3.14. The van der Waals surface area contributed by atoms with Gasteiger partial charge in [0.1, 0.15) is 17.2 Å². The first-order chi connectivity index (χ1) is 11.5. The highest BCUT2D eigenvalue weighted by Crippen LogP contribution is 2.19. The Morgan fingerprint density at radius 3 is 2.71 bits per heavy atom. The van der Waals surface area contributed by atoms with Gasteiger partial charge < -0.3 is 10.2 Å². The third-order valence-electron chi connectivity index (χ3n) is 3.57. The Kier molecular flexibility index (Phi) is 4.03. The number of rotatable bonds is 4. The summed E-state index contributed by atoms with van der Waals surface area (Å²) in [5.74, 6) is 1.59. The Morgan fingerprint density at radius 1 is 1.25 bits per heavy atom. The second-order valence-electron chi connectivity index (χ2n) is 5.59. The molecule has 0 aliphatic heterocycles. The van der Waals surface area contributed by atoms with E-state index in [-0.39, 0.29) is 5.91 Å². The number of carbonyl (C=O) groups excluding carboxylic acids is 1. The topological polar surface area (TPSA) is 80.9 Å². The van der Waals surface area contributed by atoms with Crippen molar-refractivity contribution in [2.45, 2.75) is 6.92 Å². The van der Waals surface area contributed by atoms with Crippen molar-refractivity contribution in [1.29, 1.82) is 0 Å². The molecule has 0 aromatic carbocycles. The smallest absolute Gasteiger partial charge is 0.262 e. The van der Waals surface area contributed by atoms with Gasteiger partial charge in [-0.2, -0.15) is 10.2 Å². The molecule has 3 heterocycles. The third-order valence-corrected chi connectivity index (χ3v) is 3.57. The van der Waals surface area contributed by atoms with Crippen LogP contribution in [0.5, 0.6) is 0 Å². The fourth-order valence-corrected chi connectivity index (χ4v) is 2.49. The summed E-state index contributed by atoms with van der Waals surface area (Å²) in [6.07, 6.45) is 3.43. The van der Waals surface area contributed by atoms with E-state index < -0.39 is 0 Å². The van der Waals surface area contributed by atoms with Crippen LogP contribution in [0, 0.1) is 6.92 Å². The Hall–Kier alpha value is -3.16. The second-order valence-corrected chi connectivity index (χ2v) is 5.59. The van der Waals surface area contributed by atoms with Crippen LogP contribution in [0.4, 0.5) is 11.6 Å². The quantitative estimate of drug-likeness (QED) is 0.788. The van der Waals surface area contributed by atoms with Crippen molar-refractivity contribution in [3.05, 3.63) is 47.9 Å². The normalized spacial score (nSPS) is 10.7. The molecule has 3 aromatic rings. The van der Waals surface area contributed by atoms with Crippen LogP contribution in [-0.4, -0.2) is 44.5 Å². The van der Waals surface area contributed by atoms with Gasteiger partial charge in [-0.15, -0.1) is 0 Å². The van der Waals surface area contributed by atoms with Crippen molar-refractivity contribution in [2.75, 3.05) is 24.3 Å². The number of nitrogens with zero attached hydrogens (tertiary/aromatic N) is 6. The highest BCUT2D eigenvalue weighted by atomic mass is 16.1. The molecule has 3 aromatic heterocycles. The number of hydrogen-bond acceptors (Lipinski definition) is 5. The lowest BCUT2D eigenvalue weighted by atomic mass is 10.2. The molecule has 0 saturated carbocycles. The zero-order valence-corrected chi connectivity index (χ0v) is 14.1. The van der Waals surface area contributed by atoms with Gasteiger partial charge >= 0.3 is 0 Å². The zero-order valence-electron chi connectivity index (χ0n) is 14.1. The molecule has 1 N–H and O–H groups in total. The van der Waals surface area contributed by atoms with Gasteiger partial charge in [0, 0.05) is 33.5 Å². The van der Waals surface area contributed by atoms with Crippen molar-refractivity contribution < 1.29 is 4.79 Å². The number of aromatic nitrogens is 5. The van der Waals surface area contributed by atoms with Gasteiger partial charge in [-0.25, -0.2) is 14.3 Å².